The van der Waals surface area contributed by atoms with Crippen LogP contribution in [0.15, 0.2) is 16.6 Å². The van der Waals surface area contributed by atoms with Gasteiger partial charge in [-0.2, -0.15) is 0 Å². The molecule has 0 amide bonds. The standard InChI is InChI=1S/C17H26BrNO/c1-11(17(2,3)4)7-15(19)10-13-9-14(18)8-12-5-6-20-16(12)13/h8-9,11,15H,5-7,10,19H2,1-4H3. The van der Waals surface area contributed by atoms with Crippen LogP contribution in [-0.4, -0.2) is 12.6 Å². The summed E-state index contributed by atoms with van der Waals surface area (Å²) in [6.07, 6.45) is 2.95. The van der Waals surface area contributed by atoms with Gasteiger partial charge in [0.05, 0.1) is 6.61 Å². The molecular weight excluding hydrogens is 314 g/mol. The molecule has 2 unspecified atom stereocenters. The zero-order valence-electron chi connectivity index (χ0n) is 13.0. The summed E-state index contributed by atoms with van der Waals surface area (Å²) in [5.41, 5.74) is 9.25. The summed E-state index contributed by atoms with van der Waals surface area (Å²) < 4.78 is 6.91. The Balaban J connectivity index is 2.07. The molecule has 0 aliphatic carbocycles. The molecule has 2 rings (SSSR count). The van der Waals surface area contributed by atoms with Gasteiger partial charge < -0.3 is 10.5 Å². The number of hydrogen-bond donors (Lipinski definition) is 1. The van der Waals surface area contributed by atoms with Crippen LogP contribution in [0, 0.1) is 11.3 Å². The maximum absolute atomic E-state index is 6.38. The molecular formula is C17H26BrNO. The number of ether oxygens (including phenoxy) is 1. The zero-order valence-corrected chi connectivity index (χ0v) is 14.6. The molecule has 0 saturated heterocycles. The fourth-order valence-corrected chi connectivity index (χ4v) is 3.22. The first-order valence-electron chi connectivity index (χ1n) is 7.47. The summed E-state index contributed by atoms with van der Waals surface area (Å²) in [5, 5.41) is 0. The number of nitrogens with two attached hydrogens (primary N) is 1. The van der Waals surface area contributed by atoms with Crippen LogP contribution in [0.1, 0.15) is 45.2 Å². The molecule has 3 heteroatoms. The molecule has 2 N–H and O–H groups in total. The number of hydrogen-bond acceptors (Lipinski definition) is 2. The van der Waals surface area contributed by atoms with Crippen LogP contribution in [0.2, 0.25) is 0 Å². The van der Waals surface area contributed by atoms with E-state index in [2.05, 4.69) is 55.8 Å². The van der Waals surface area contributed by atoms with E-state index in [9.17, 15) is 0 Å². The van der Waals surface area contributed by atoms with E-state index in [4.69, 9.17) is 10.5 Å². The van der Waals surface area contributed by atoms with Gasteiger partial charge in [0.15, 0.2) is 0 Å². The van der Waals surface area contributed by atoms with Gasteiger partial charge in [0, 0.05) is 16.9 Å². The molecule has 2 atom stereocenters. The molecule has 112 valence electrons. The van der Waals surface area contributed by atoms with Crippen molar-refractivity contribution in [1.82, 2.24) is 0 Å². The molecule has 0 saturated carbocycles. The van der Waals surface area contributed by atoms with E-state index in [1.54, 1.807) is 0 Å². The van der Waals surface area contributed by atoms with Crippen LogP contribution < -0.4 is 10.5 Å². The summed E-state index contributed by atoms with van der Waals surface area (Å²) in [4.78, 5) is 0. The van der Waals surface area contributed by atoms with Crippen molar-refractivity contribution < 1.29 is 4.74 Å². The van der Waals surface area contributed by atoms with Gasteiger partial charge in [-0.15, -0.1) is 0 Å². The minimum Gasteiger partial charge on any atom is -0.493 e. The normalized spacial score (nSPS) is 17.5. The second-order valence-corrected chi connectivity index (χ2v) is 8.03. The molecule has 0 radical (unpaired) electrons. The lowest BCUT2D eigenvalue weighted by Gasteiger charge is -2.29. The van der Waals surface area contributed by atoms with Gasteiger partial charge >= 0.3 is 0 Å². The molecule has 0 bridgehead atoms. The second-order valence-electron chi connectivity index (χ2n) is 7.12. The summed E-state index contributed by atoms with van der Waals surface area (Å²) in [7, 11) is 0. The Bertz CT molecular complexity index is 479. The highest BCUT2D eigenvalue weighted by molar-refractivity contribution is 9.10. The molecule has 1 aromatic rings. The highest BCUT2D eigenvalue weighted by atomic mass is 79.9. The van der Waals surface area contributed by atoms with Gasteiger partial charge in [-0.25, -0.2) is 0 Å². The predicted octanol–water partition coefficient (Wildman–Crippen LogP) is 4.33. The monoisotopic (exact) mass is 339 g/mol. The predicted molar refractivity (Wildman–Crippen MR) is 88.3 cm³/mol. The fraction of sp³-hybridized carbons (Fsp3) is 0.647. The minimum absolute atomic E-state index is 0.187. The second kappa shape index (κ2) is 6.07. The van der Waals surface area contributed by atoms with Crippen molar-refractivity contribution in [2.24, 2.45) is 17.1 Å². The Labute approximate surface area is 131 Å². The highest BCUT2D eigenvalue weighted by Crippen LogP contribution is 2.35. The molecule has 1 heterocycles. The van der Waals surface area contributed by atoms with Gasteiger partial charge in [-0.3, -0.25) is 0 Å². The van der Waals surface area contributed by atoms with Crippen molar-refractivity contribution >= 4 is 15.9 Å². The van der Waals surface area contributed by atoms with Crippen LogP contribution in [0.3, 0.4) is 0 Å². The summed E-state index contributed by atoms with van der Waals surface area (Å²) in [6, 6.07) is 4.51. The average molecular weight is 340 g/mol. The molecule has 0 aromatic heterocycles. The van der Waals surface area contributed by atoms with E-state index in [1.807, 2.05) is 0 Å². The molecule has 1 aliphatic rings. The molecule has 0 fully saturated rings. The maximum atomic E-state index is 6.38. The summed E-state index contributed by atoms with van der Waals surface area (Å²) in [6.45, 7) is 9.94. The zero-order chi connectivity index (χ0) is 14.9. The first kappa shape index (κ1) is 15.8. The SMILES string of the molecule is CC(CC(N)Cc1cc(Br)cc2c1OCC2)C(C)(C)C. The van der Waals surface area contributed by atoms with E-state index < -0.39 is 0 Å². The Hall–Kier alpha value is -0.540. The molecule has 2 nitrogen and oxygen atoms in total. The average Bonchev–Trinajstić information content (AvgIpc) is 2.75. The van der Waals surface area contributed by atoms with Crippen molar-refractivity contribution in [3.63, 3.8) is 0 Å². The lowest BCUT2D eigenvalue weighted by molar-refractivity contribution is 0.232. The Morgan fingerprint density at radius 1 is 1.35 bits per heavy atom. The minimum atomic E-state index is 0.187. The highest BCUT2D eigenvalue weighted by Gasteiger charge is 2.24. The largest absolute Gasteiger partial charge is 0.493 e. The fourth-order valence-electron chi connectivity index (χ4n) is 2.67. The Kier molecular flexibility index (Phi) is 4.80. The molecule has 20 heavy (non-hydrogen) atoms. The third-order valence-corrected chi connectivity index (χ3v) is 4.90. The molecule has 1 aliphatic heterocycles. The first-order valence-corrected chi connectivity index (χ1v) is 8.26. The van der Waals surface area contributed by atoms with Crippen LogP contribution in [0.4, 0.5) is 0 Å². The van der Waals surface area contributed by atoms with Gasteiger partial charge in [0.25, 0.3) is 0 Å². The van der Waals surface area contributed by atoms with Crippen molar-refractivity contribution in [2.75, 3.05) is 6.61 Å². The van der Waals surface area contributed by atoms with E-state index in [1.165, 1.54) is 11.1 Å². The number of benzene rings is 1. The van der Waals surface area contributed by atoms with E-state index >= 15 is 0 Å². The summed E-state index contributed by atoms with van der Waals surface area (Å²) >= 11 is 3.59. The molecule has 1 aromatic carbocycles. The van der Waals surface area contributed by atoms with Crippen LogP contribution in [0.25, 0.3) is 0 Å². The Morgan fingerprint density at radius 2 is 2.05 bits per heavy atom. The molecule has 0 spiro atoms. The van der Waals surface area contributed by atoms with Crippen molar-refractivity contribution in [2.45, 2.75) is 53.0 Å². The third-order valence-electron chi connectivity index (χ3n) is 4.44. The number of rotatable bonds is 4. The van der Waals surface area contributed by atoms with Crippen molar-refractivity contribution in [1.29, 1.82) is 0 Å². The number of halogens is 1. The Morgan fingerprint density at radius 3 is 2.70 bits per heavy atom. The van der Waals surface area contributed by atoms with Crippen molar-refractivity contribution in [3.05, 3.63) is 27.7 Å². The topological polar surface area (TPSA) is 35.2 Å². The smallest absolute Gasteiger partial charge is 0.125 e. The van der Waals surface area contributed by atoms with Gasteiger partial charge in [0.1, 0.15) is 5.75 Å². The lowest BCUT2D eigenvalue weighted by Crippen LogP contribution is -2.30. The van der Waals surface area contributed by atoms with Gasteiger partial charge in [-0.05, 0) is 47.4 Å². The van der Waals surface area contributed by atoms with Crippen LogP contribution in [0.5, 0.6) is 5.75 Å². The van der Waals surface area contributed by atoms with Crippen LogP contribution >= 0.6 is 15.9 Å². The first-order chi connectivity index (χ1) is 9.27. The lowest BCUT2D eigenvalue weighted by atomic mass is 9.78. The van der Waals surface area contributed by atoms with Crippen molar-refractivity contribution in [3.8, 4) is 5.75 Å². The van der Waals surface area contributed by atoms with E-state index in [-0.39, 0.29) is 6.04 Å². The van der Waals surface area contributed by atoms with E-state index in [0.717, 1.165) is 36.1 Å². The van der Waals surface area contributed by atoms with Crippen LogP contribution in [-0.2, 0) is 12.8 Å². The number of fused-ring (bicyclic) bond motifs is 1. The van der Waals surface area contributed by atoms with E-state index in [0.29, 0.717) is 11.3 Å². The quantitative estimate of drug-likeness (QED) is 0.886. The van der Waals surface area contributed by atoms with Gasteiger partial charge in [-0.1, -0.05) is 43.6 Å². The third kappa shape index (κ3) is 3.76. The maximum Gasteiger partial charge on any atom is 0.125 e. The van der Waals surface area contributed by atoms with Gasteiger partial charge in [0.2, 0.25) is 0 Å². The summed E-state index contributed by atoms with van der Waals surface area (Å²) in [5.74, 6) is 1.69.